The lowest BCUT2D eigenvalue weighted by Gasteiger charge is -2.51. The van der Waals surface area contributed by atoms with E-state index in [4.69, 9.17) is 4.74 Å². The molecule has 0 spiro atoms. The van der Waals surface area contributed by atoms with Crippen molar-refractivity contribution in [2.24, 2.45) is 10.8 Å². The molecule has 2 aliphatic carbocycles. The normalized spacial score (nSPS) is 41.1. The smallest absolute Gasteiger partial charge is 0.330 e. The Balaban J connectivity index is 2.06. The van der Waals surface area contributed by atoms with Crippen molar-refractivity contribution in [2.45, 2.75) is 46.5 Å². The van der Waals surface area contributed by atoms with Crippen LogP contribution in [0.5, 0.6) is 0 Å². The van der Waals surface area contributed by atoms with Crippen molar-refractivity contribution in [1.29, 1.82) is 0 Å². The average molecular weight is 208 g/mol. The Labute approximate surface area is 91.7 Å². The van der Waals surface area contributed by atoms with Gasteiger partial charge >= 0.3 is 5.97 Å². The molecule has 0 N–H and O–H groups in total. The van der Waals surface area contributed by atoms with Crippen molar-refractivity contribution in [1.82, 2.24) is 0 Å². The molecule has 2 heteroatoms. The van der Waals surface area contributed by atoms with Crippen molar-refractivity contribution in [3.63, 3.8) is 0 Å². The van der Waals surface area contributed by atoms with Gasteiger partial charge in [0.1, 0.15) is 0 Å². The van der Waals surface area contributed by atoms with Crippen molar-refractivity contribution >= 4 is 5.97 Å². The maximum atomic E-state index is 11.3. The van der Waals surface area contributed by atoms with Crippen LogP contribution in [0.4, 0.5) is 0 Å². The molecule has 0 aromatic heterocycles. The molecule has 15 heavy (non-hydrogen) atoms. The maximum Gasteiger partial charge on any atom is 0.330 e. The summed E-state index contributed by atoms with van der Waals surface area (Å²) in [5.74, 6) is -0.166. The van der Waals surface area contributed by atoms with Crippen LogP contribution >= 0.6 is 0 Å². The van der Waals surface area contributed by atoms with E-state index in [9.17, 15) is 4.79 Å². The van der Waals surface area contributed by atoms with Gasteiger partial charge in [-0.15, -0.1) is 0 Å². The zero-order chi connectivity index (χ0) is 11.1. The lowest BCUT2D eigenvalue weighted by Crippen LogP contribution is -2.42. The van der Waals surface area contributed by atoms with Gasteiger partial charge in [0.2, 0.25) is 0 Å². The van der Waals surface area contributed by atoms with E-state index < -0.39 is 0 Å². The van der Waals surface area contributed by atoms with E-state index in [1.54, 1.807) is 6.08 Å². The lowest BCUT2D eigenvalue weighted by molar-refractivity contribution is -0.137. The first-order valence-electron chi connectivity index (χ1n) is 5.85. The Morgan fingerprint density at radius 3 is 2.27 bits per heavy atom. The fourth-order valence-electron chi connectivity index (χ4n) is 3.10. The number of rotatable bonds is 2. The van der Waals surface area contributed by atoms with Gasteiger partial charge in [-0.3, -0.25) is 0 Å². The fraction of sp³-hybridized carbons (Fsp3) is 0.769. The SMILES string of the molecule is CCOC(=O)C=C1C[C@]2(C)CC[C@]2(C)C1. The quantitative estimate of drug-likeness (QED) is 0.515. The molecule has 2 atom stereocenters. The van der Waals surface area contributed by atoms with E-state index in [1.165, 1.54) is 18.4 Å². The zero-order valence-electron chi connectivity index (χ0n) is 9.93. The third-order valence-electron chi connectivity index (χ3n) is 4.53. The van der Waals surface area contributed by atoms with Gasteiger partial charge in [0.25, 0.3) is 0 Å². The first-order valence-corrected chi connectivity index (χ1v) is 5.85. The predicted octanol–water partition coefficient (Wildman–Crippen LogP) is 3.08. The summed E-state index contributed by atoms with van der Waals surface area (Å²) < 4.78 is 4.95. The van der Waals surface area contributed by atoms with Crippen molar-refractivity contribution in [3.05, 3.63) is 11.6 Å². The summed E-state index contributed by atoms with van der Waals surface area (Å²) in [6, 6.07) is 0. The highest BCUT2D eigenvalue weighted by atomic mass is 16.5. The van der Waals surface area contributed by atoms with E-state index in [1.807, 2.05) is 6.92 Å². The summed E-state index contributed by atoms with van der Waals surface area (Å²) in [5, 5.41) is 0. The molecule has 84 valence electrons. The number of hydrogen-bond acceptors (Lipinski definition) is 2. The number of ether oxygens (including phenoxy) is 1. The number of carbonyl (C=O) groups excluding carboxylic acids is 1. The zero-order valence-corrected chi connectivity index (χ0v) is 9.93. The minimum Gasteiger partial charge on any atom is -0.463 e. The second-order valence-electron chi connectivity index (χ2n) is 5.53. The summed E-state index contributed by atoms with van der Waals surface area (Å²) in [4.78, 5) is 11.3. The van der Waals surface area contributed by atoms with E-state index in [-0.39, 0.29) is 5.97 Å². The largest absolute Gasteiger partial charge is 0.463 e. The lowest BCUT2D eigenvalue weighted by atomic mass is 9.53. The number of carbonyl (C=O) groups is 1. The van der Waals surface area contributed by atoms with Crippen LogP contribution in [0.25, 0.3) is 0 Å². The molecular weight excluding hydrogens is 188 g/mol. The molecule has 2 rings (SSSR count). The summed E-state index contributed by atoms with van der Waals surface area (Å²) >= 11 is 0. The van der Waals surface area contributed by atoms with Gasteiger partial charge in [-0.1, -0.05) is 19.4 Å². The molecule has 0 heterocycles. The van der Waals surface area contributed by atoms with Gasteiger partial charge in [-0.05, 0) is 43.4 Å². The Morgan fingerprint density at radius 1 is 1.33 bits per heavy atom. The van der Waals surface area contributed by atoms with E-state index in [0.717, 1.165) is 12.8 Å². The Kier molecular flexibility index (Phi) is 2.40. The second-order valence-corrected chi connectivity index (χ2v) is 5.53. The molecule has 2 nitrogen and oxygen atoms in total. The van der Waals surface area contributed by atoms with Crippen molar-refractivity contribution < 1.29 is 9.53 Å². The van der Waals surface area contributed by atoms with Crippen molar-refractivity contribution in [3.8, 4) is 0 Å². The van der Waals surface area contributed by atoms with Gasteiger partial charge in [-0.25, -0.2) is 4.79 Å². The van der Waals surface area contributed by atoms with Crippen LogP contribution < -0.4 is 0 Å². The summed E-state index contributed by atoms with van der Waals surface area (Å²) in [6.07, 6.45) is 6.51. The molecule has 0 aromatic carbocycles. The minimum atomic E-state index is -0.166. The molecule has 2 aliphatic rings. The Hall–Kier alpha value is -0.790. The molecular formula is C13H20O2. The molecule has 0 bridgehead atoms. The predicted molar refractivity (Wildman–Crippen MR) is 59.4 cm³/mol. The fourth-order valence-corrected chi connectivity index (χ4v) is 3.10. The number of allylic oxidation sites excluding steroid dienone is 1. The van der Waals surface area contributed by atoms with Crippen LogP contribution in [0.1, 0.15) is 46.5 Å². The van der Waals surface area contributed by atoms with Crippen molar-refractivity contribution in [2.75, 3.05) is 6.61 Å². The van der Waals surface area contributed by atoms with Gasteiger partial charge in [-0.2, -0.15) is 0 Å². The number of hydrogen-bond donors (Lipinski definition) is 0. The van der Waals surface area contributed by atoms with E-state index in [0.29, 0.717) is 17.4 Å². The van der Waals surface area contributed by atoms with Crippen LogP contribution in [0, 0.1) is 10.8 Å². The van der Waals surface area contributed by atoms with Crippen LogP contribution in [0.15, 0.2) is 11.6 Å². The van der Waals surface area contributed by atoms with E-state index in [2.05, 4.69) is 13.8 Å². The first-order chi connectivity index (χ1) is 6.99. The molecule has 0 radical (unpaired) electrons. The number of fused-ring (bicyclic) bond motifs is 1. The highest BCUT2D eigenvalue weighted by molar-refractivity contribution is 5.83. The molecule has 0 amide bonds. The molecule has 0 unspecified atom stereocenters. The van der Waals surface area contributed by atoms with Gasteiger partial charge in [0.05, 0.1) is 6.61 Å². The number of esters is 1. The van der Waals surface area contributed by atoms with Gasteiger partial charge in [0, 0.05) is 6.08 Å². The molecule has 0 aromatic rings. The topological polar surface area (TPSA) is 26.3 Å². The van der Waals surface area contributed by atoms with E-state index >= 15 is 0 Å². The standard InChI is InChI=1S/C13H20O2/c1-4-15-11(14)7-10-8-12(2)5-6-13(12,3)9-10/h7H,4-6,8-9H2,1-3H3/t12-,13+. The monoisotopic (exact) mass is 208 g/mol. The third-order valence-corrected chi connectivity index (χ3v) is 4.53. The summed E-state index contributed by atoms with van der Waals surface area (Å²) in [6.45, 7) is 7.01. The first kappa shape index (κ1) is 10.7. The van der Waals surface area contributed by atoms with Gasteiger partial charge in [0.15, 0.2) is 0 Å². The van der Waals surface area contributed by atoms with Crippen LogP contribution in [0.3, 0.4) is 0 Å². The van der Waals surface area contributed by atoms with Crippen LogP contribution in [0.2, 0.25) is 0 Å². The molecule has 2 fully saturated rings. The average Bonchev–Trinajstić information content (AvgIpc) is 2.29. The highest BCUT2D eigenvalue weighted by Crippen LogP contribution is 2.67. The molecule has 2 saturated carbocycles. The second kappa shape index (κ2) is 3.36. The van der Waals surface area contributed by atoms with Gasteiger partial charge < -0.3 is 4.74 Å². The maximum absolute atomic E-state index is 11.3. The molecule has 0 saturated heterocycles. The van der Waals surface area contributed by atoms with Crippen LogP contribution in [-0.2, 0) is 9.53 Å². The Bertz CT molecular complexity index is 298. The Morgan fingerprint density at radius 2 is 1.87 bits per heavy atom. The summed E-state index contributed by atoms with van der Waals surface area (Å²) in [7, 11) is 0. The highest BCUT2D eigenvalue weighted by Gasteiger charge is 2.56. The summed E-state index contributed by atoms with van der Waals surface area (Å²) in [5.41, 5.74) is 2.19. The minimum absolute atomic E-state index is 0.166. The third kappa shape index (κ3) is 1.60. The van der Waals surface area contributed by atoms with Crippen LogP contribution in [-0.4, -0.2) is 12.6 Å². The molecule has 0 aliphatic heterocycles.